The van der Waals surface area contributed by atoms with E-state index in [2.05, 4.69) is 21.6 Å². The molecule has 0 radical (unpaired) electrons. The molecule has 2 atom stereocenters. The Morgan fingerprint density at radius 3 is 2.76 bits per heavy atom. The van der Waals surface area contributed by atoms with Crippen molar-refractivity contribution in [1.29, 1.82) is 5.26 Å². The van der Waals surface area contributed by atoms with E-state index < -0.39 is 9.84 Å². The van der Waals surface area contributed by atoms with Gasteiger partial charge in [-0.2, -0.15) is 5.26 Å². The number of sulfone groups is 1. The summed E-state index contributed by atoms with van der Waals surface area (Å²) in [6.45, 7) is 5.16. The average molecular weight is 493 g/mol. The number of aromatic nitrogens is 4. The molecule has 0 bridgehead atoms. The molecule has 12 heteroatoms. The highest BCUT2D eigenvalue weighted by Gasteiger charge is 2.32. The SMILES string of the molecule is Cc1c(C#N)c(NC(=O)CSc2nnc([C@@H]3CCS(=O)(=O)C3)n2C)n(C[C@H]2CCCO2)c1C. The Morgan fingerprint density at radius 1 is 1.33 bits per heavy atom. The Kier molecular flexibility index (Phi) is 6.83. The average Bonchev–Trinajstić information content (AvgIpc) is 3.53. The van der Waals surface area contributed by atoms with E-state index in [1.807, 2.05) is 18.4 Å². The molecular formula is C21H28N6O4S2. The van der Waals surface area contributed by atoms with Gasteiger partial charge in [-0.1, -0.05) is 11.8 Å². The highest BCUT2D eigenvalue weighted by molar-refractivity contribution is 7.99. The molecule has 2 aromatic rings. The summed E-state index contributed by atoms with van der Waals surface area (Å²) in [6, 6.07) is 2.22. The highest BCUT2D eigenvalue weighted by Crippen LogP contribution is 2.31. The molecule has 0 unspecified atom stereocenters. The molecule has 178 valence electrons. The van der Waals surface area contributed by atoms with E-state index in [0.29, 0.717) is 35.3 Å². The Labute approximate surface area is 197 Å². The number of nitrogens with one attached hydrogen (secondary N) is 1. The zero-order valence-electron chi connectivity index (χ0n) is 19.0. The lowest BCUT2D eigenvalue weighted by Gasteiger charge is -2.16. The number of carbonyl (C=O) groups is 1. The van der Waals surface area contributed by atoms with Crippen molar-refractivity contribution in [2.75, 3.05) is 29.2 Å². The van der Waals surface area contributed by atoms with Crippen LogP contribution in [0.1, 0.15) is 47.8 Å². The van der Waals surface area contributed by atoms with Crippen LogP contribution in [0.2, 0.25) is 0 Å². The van der Waals surface area contributed by atoms with Crippen molar-refractivity contribution in [2.24, 2.45) is 7.05 Å². The van der Waals surface area contributed by atoms with Crippen molar-refractivity contribution in [3.63, 3.8) is 0 Å². The van der Waals surface area contributed by atoms with Crippen LogP contribution in [0.25, 0.3) is 0 Å². The van der Waals surface area contributed by atoms with Gasteiger partial charge in [-0.25, -0.2) is 8.42 Å². The minimum atomic E-state index is -3.02. The quantitative estimate of drug-likeness (QED) is 0.580. The number of anilines is 1. The molecule has 0 spiro atoms. The fourth-order valence-corrected chi connectivity index (χ4v) is 6.91. The second-order valence-corrected chi connectivity index (χ2v) is 11.8. The standard InChI is InChI=1S/C21H28N6O4S2/c1-13-14(2)27(10-16-5-4-7-31-16)20(17(13)9-22)23-18(28)11-32-21-25-24-19(26(21)3)15-6-8-33(29,30)12-15/h15-16H,4-8,10-12H2,1-3H3,(H,23,28)/t15-,16-/m1/s1. The van der Waals surface area contributed by atoms with E-state index in [1.54, 1.807) is 11.6 Å². The maximum atomic E-state index is 12.8. The minimum absolute atomic E-state index is 0.0727. The second kappa shape index (κ2) is 9.48. The third-order valence-electron chi connectivity index (χ3n) is 6.41. The first-order valence-electron chi connectivity index (χ1n) is 10.9. The topological polar surface area (TPSA) is 132 Å². The molecule has 1 N–H and O–H groups in total. The summed E-state index contributed by atoms with van der Waals surface area (Å²) in [7, 11) is -1.24. The lowest BCUT2D eigenvalue weighted by atomic mass is 10.1. The number of thioether (sulfide) groups is 1. The molecule has 2 aromatic heterocycles. The van der Waals surface area contributed by atoms with Crippen LogP contribution in [-0.4, -0.2) is 63.6 Å². The summed E-state index contributed by atoms with van der Waals surface area (Å²) >= 11 is 1.23. The minimum Gasteiger partial charge on any atom is -0.376 e. The molecule has 0 aliphatic carbocycles. The van der Waals surface area contributed by atoms with Crippen molar-refractivity contribution >= 4 is 33.3 Å². The van der Waals surface area contributed by atoms with Gasteiger partial charge in [0.2, 0.25) is 5.91 Å². The lowest BCUT2D eigenvalue weighted by Crippen LogP contribution is -2.22. The number of nitriles is 1. The van der Waals surface area contributed by atoms with Crippen LogP contribution in [0.3, 0.4) is 0 Å². The number of amides is 1. The summed E-state index contributed by atoms with van der Waals surface area (Å²) in [6.07, 6.45) is 2.58. The maximum Gasteiger partial charge on any atom is 0.235 e. The first kappa shape index (κ1) is 23.8. The molecular weight excluding hydrogens is 464 g/mol. The Hall–Kier alpha value is -2.36. The molecule has 2 aliphatic heterocycles. The molecule has 0 saturated carbocycles. The van der Waals surface area contributed by atoms with Crippen molar-refractivity contribution in [3.05, 3.63) is 22.6 Å². The molecule has 0 aromatic carbocycles. The maximum absolute atomic E-state index is 12.8. The van der Waals surface area contributed by atoms with Gasteiger partial charge in [0.25, 0.3) is 0 Å². The fraction of sp³-hybridized carbons (Fsp3) is 0.619. The summed E-state index contributed by atoms with van der Waals surface area (Å²) in [4.78, 5) is 12.8. The van der Waals surface area contributed by atoms with Crippen LogP contribution in [0.15, 0.2) is 5.16 Å². The number of hydrogen-bond donors (Lipinski definition) is 1. The Bertz CT molecular complexity index is 1200. The summed E-state index contributed by atoms with van der Waals surface area (Å²) in [5.41, 5.74) is 2.25. The van der Waals surface area contributed by atoms with Gasteiger partial charge in [0.15, 0.2) is 15.0 Å². The molecule has 4 rings (SSSR count). The smallest absolute Gasteiger partial charge is 0.235 e. The van der Waals surface area contributed by atoms with Gasteiger partial charge in [0, 0.05) is 25.3 Å². The van der Waals surface area contributed by atoms with Crippen LogP contribution in [-0.2, 0) is 33.0 Å². The summed E-state index contributed by atoms with van der Waals surface area (Å²) in [5, 5.41) is 21.5. The summed E-state index contributed by atoms with van der Waals surface area (Å²) in [5.74, 6) is 1.05. The van der Waals surface area contributed by atoms with E-state index in [-0.39, 0.29) is 35.2 Å². The third-order valence-corrected chi connectivity index (χ3v) is 9.20. The van der Waals surface area contributed by atoms with Gasteiger partial charge in [0.05, 0.1) is 35.5 Å². The second-order valence-electron chi connectivity index (χ2n) is 8.63. The predicted octanol–water partition coefficient (Wildman–Crippen LogP) is 1.92. The molecule has 2 aliphatic rings. The van der Waals surface area contributed by atoms with Crippen LogP contribution in [0, 0.1) is 25.2 Å². The van der Waals surface area contributed by atoms with Gasteiger partial charge < -0.3 is 19.2 Å². The number of hydrogen-bond acceptors (Lipinski definition) is 8. The first-order valence-corrected chi connectivity index (χ1v) is 13.7. The zero-order chi connectivity index (χ0) is 23.8. The zero-order valence-corrected chi connectivity index (χ0v) is 20.6. The van der Waals surface area contributed by atoms with E-state index in [1.165, 1.54) is 11.8 Å². The van der Waals surface area contributed by atoms with Gasteiger partial charge >= 0.3 is 0 Å². The van der Waals surface area contributed by atoms with Crippen molar-refractivity contribution in [2.45, 2.75) is 56.8 Å². The molecule has 1 amide bonds. The molecule has 4 heterocycles. The third kappa shape index (κ3) is 4.95. The predicted molar refractivity (Wildman–Crippen MR) is 124 cm³/mol. The normalized spacial score (nSPS) is 21.9. The monoisotopic (exact) mass is 492 g/mol. The molecule has 2 saturated heterocycles. The van der Waals surface area contributed by atoms with Crippen molar-refractivity contribution < 1.29 is 17.9 Å². The number of rotatable bonds is 7. The fourth-order valence-electron chi connectivity index (χ4n) is 4.45. The Morgan fingerprint density at radius 2 is 2.12 bits per heavy atom. The number of ether oxygens (including phenoxy) is 1. The largest absolute Gasteiger partial charge is 0.376 e. The van der Waals surface area contributed by atoms with E-state index >= 15 is 0 Å². The van der Waals surface area contributed by atoms with Crippen LogP contribution in [0.5, 0.6) is 0 Å². The van der Waals surface area contributed by atoms with Crippen molar-refractivity contribution in [3.8, 4) is 6.07 Å². The lowest BCUT2D eigenvalue weighted by molar-refractivity contribution is -0.113. The van der Waals surface area contributed by atoms with Gasteiger partial charge in [0.1, 0.15) is 17.7 Å². The van der Waals surface area contributed by atoms with E-state index in [4.69, 9.17) is 4.74 Å². The summed E-state index contributed by atoms with van der Waals surface area (Å²) < 4.78 is 33.1. The van der Waals surface area contributed by atoms with Gasteiger partial charge in [-0.15, -0.1) is 10.2 Å². The highest BCUT2D eigenvalue weighted by atomic mass is 32.2. The van der Waals surface area contributed by atoms with Crippen LogP contribution < -0.4 is 5.32 Å². The van der Waals surface area contributed by atoms with Crippen LogP contribution in [0.4, 0.5) is 5.82 Å². The van der Waals surface area contributed by atoms with E-state index in [0.717, 1.165) is 30.7 Å². The first-order chi connectivity index (χ1) is 15.7. The molecule has 10 nitrogen and oxygen atoms in total. The number of carbonyl (C=O) groups excluding carboxylic acids is 1. The number of nitrogens with zero attached hydrogens (tertiary/aromatic N) is 5. The molecule has 2 fully saturated rings. The van der Waals surface area contributed by atoms with E-state index in [9.17, 15) is 18.5 Å². The van der Waals surface area contributed by atoms with Gasteiger partial charge in [-0.05, 0) is 38.7 Å². The molecule has 33 heavy (non-hydrogen) atoms. The van der Waals surface area contributed by atoms with Crippen molar-refractivity contribution in [1.82, 2.24) is 19.3 Å². The van der Waals surface area contributed by atoms with Gasteiger partial charge in [-0.3, -0.25) is 4.79 Å². The Balaban J connectivity index is 1.44. The van der Waals surface area contributed by atoms with Crippen LogP contribution >= 0.6 is 11.8 Å².